The molecule has 0 bridgehead atoms. The summed E-state index contributed by atoms with van der Waals surface area (Å²) < 4.78 is 2.30. The molecule has 1 fully saturated rings. The Kier molecular flexibility index (Phi) is 5.32. The standard InChI is InChI=1S/C21H26ClN5/c1-25(2)13-14-26-12-10-23-21(26)17-6-4-11-27(15-17)19-9-8-16-5-3-7-18(22)20(16)24-19/h3,5,7-10,12,17H,4,6,11,13-15H2,1-2H3/t17-/m1/s1. The Hall–Kier alpha value is -2.11. The fraction of sp³-hybridized carbons (Fsp3) is 0.429. The normalized spacial score (nSPS) is 17.8. The molecule has 6 heteroatoms. The van der Waals surface area contributed by atoms with Crippen molar-refractivity contribution in [2.45, 2.75) is 25.3 Å². The first kappa shape index (κ1) is 18.3. The molecular formula is C21H26ClN5. The zero-order valence-electron chi connectivity index (χ0n) is 16.0. The second kappa shape index (κ2) is 7.87. The van der Waals surface area contributed by atoms with Crippen LogP contribution in [0, 0.1) is 0 Å². The molecule has 4 rings (SSSR count). The van der Waals surface area contributed by atoms with Gasteiger partial charge in [0.25, 0.3) is 0 Å². The number of fused-ring (bicyclic) bond motifs is 1. The number of anilines is 1. The third kappa shape index (κ3) is 3.94. The SMILES string of the molecule is CN(C)CCn1ccnc1[C@@H]1CCCN(c2ccc3cccc(Cl)c3n2)C1. The second-order valence-corrected chi connectivity index (χ2v) is 7.96. The summed E-state index contributed by atoms with van der Waals surface area (Å²) in [6.45, 7) is 3.97. The molecule has 1 aromatic carbocycles. The maximum atomic E-state index is 6.36. The third-order valence-electron chi connectivity index (χ3n) is 5.30. The molecule has 3 aromatic rings. The van der Waals surface area contributed by atoms with E-state index in [1.807, 2.05) is 18.3 Å². The summed E-state index contributed by atoms with van der Waals surface area (Å²) in [5, 5.41) is 1.79. The van der Waals surface area contributed by atoms with E-state index < -0.39 is 0 Å². The van der Waals surface area contributed by atoms with E-state index in [0.29, 0.717) is 10.9 Å². The van der Waals surface area contributed by atoms with Crippen molar-refractivity contribution in [3.8, 4) is 0 Å². The lowest BCUT2D eigenvalue weighted by Gasteiger charge is -2.33. The van der Waals surface area contributed by atoms with Gasteiger partial charge in [-0.2, -0.15) is 0 Å². The number of para-hydroxylation sites is 1. The third-order valence-corrected chi connectivity index (χ3v) is 5.61. The van der Waals surface area contributed by atoms with E-state index in [4.69, 9.17) is 16.6 Å². The Labute approximate surface area is 165 Å². The predicted octanol–water partition coefficient (Wildman–Crippen LogP) is 4.03. The van der Waals surface area contributed by atoms with E-state index in [1.54, 1.807) is 0 Å². The molecule has 142 valence electrons. The van der Waals surface area contributed by atoms with E-state index in [0.717, 1.165) is 49.3 Å². The lowest BCUT2D eigenvalue weighted by Crippen LogP contribution is -2.36. The molecule has 0 aliphatic carbocycles. The minimum Gasteiger partial charge on any atom is -0.356 e. The zero-order valence-corrected chi connectivity index (χ0v) is 16.7. The van der Waals surface area contributed by atoms with Gasteiger partial charge in [0.05, 0.1) is 10.5 Å². The molecule has 1 aliphatic rings. The average molecular weight is 384 g/mol. The molecular weight excluding hydrogens is 358 g/mol. The molecule has 0 radical (unpaired) electrons. The highest BCUT2D eigenvalue weighted by Gasteiger charge is 2.25. The van der Waals surface area contributed by atoms with Gasteiger partial charge in [0, 0.05) is 49.9 Å². The lowest BCUT2D eigenvalue weighted by atomic mass is 9.97. The summed E-state index contributed by atoms with van der Waals surface area (Å²) >= 11 is 6.36. The molecule has 5 nitrogen and oxygen atoms in total. The van der Waals surface area contributed by atoms with Crippen LogP contribution in [0.25, 0.3) is 10.9 Å². The van der Waals surface area contributed by atoms with Crippen LogP contribution in [0.3, 0.4) is 0 Å². The summed E-state index contributed by atoms with van der Waals surface area (Å²) in [5.74, 6) is 2.63. The number of aromatic nitrogens is 3. The lowest BCUT2D eigenvalue weighted by molar-refractivity contribution is 0.373. The van der Waals surface area contributed by atoms with Crippen molar-refractivity contribution < 1.29 is 0 Å². The summed E-state index contributed by atoms with van der Waals surface area (Å²) in [7, 11) is 4.21. The van der Waals surface area contributed by atoms with Crippen molar-refractivity contribution in [2.24, 2.45) is 0 Å². The van der Waals surface area contributed by atoms with Gasteiger partial charge < -0.3 is 14.4 Å². The summed E-state index contributed by atoms with van der Waals surface area (Å²) in [6.07, 6.45) is 6.35. The van der Waals surface area contributed by atoms with Crippen molar-refractivity contribution in [1.29, 1.82) is 0 Å². The number of likely N-dealkylation sites (N-methyl/N-ethyl adjacent to an activating group) is 1. The van der Waals surface area contributed by atoms with Gasteiger partial charge in [-0.3, -0.25) is 0 Å². The van der Waals surface area contributed by atoms with Gasteiger partial charge in [0.1, 0.15) is 11.6 Å². The van der Waals surface area contributed by atoms with Gasteiger partial charge >= 0.3 is 0 Å². The van der Waals surface area contributed by atoms with Crippen LogP contribution >= 0.6 is 11.6 Å². The first-order valence-electron chi connectivity index (χ1n) is 9.58. The van der Waals surface area contributed by atoms with Gasteiger partial charge in [0.15, 0.2) is 0 Å². The van der Waals surface area contributed by atoms with E-state index in [1.165, 1.54) is 12.2 Å². The highest BCUT2D eigenvalue weighted by Crippen LogP contribution is 2.30. The molecule has 0 spiro atoms. The average Bonchev–Trinajstić information content (AvgIpc) is 3.15. The summed E-state index contributed by atoms with van der Waals surface area (Å²) in [6, 6.07) is 10.2. The number of benzene rings is 1. The highest BCUT2D eigenvalue weighted by atomic mass is 35.5. The Morgan fingerprint density at radius 1 is 1.22 bits per heavy atom. The van der Waals surface area contributed by atoms with Crippen molar-refractivity contribution in [2.75, 3.05) is 38.6 Å². The molecule has 1 atom stereocenters. The van der Waals surface area contributed by atoms with Crippen LogP contribution in [0.1, 0.15) is 24.6 Å². The number of hydrogen-bond donors (Lipinski definition) is 0. The molecule has 1 saturated heterocycles. The second-order valence-electron chi connectivity index (χ2n) is 7.55. The van der Waals surface area contributed by atoms with Crippen LogP contribution in [0.2, 0.25) is 5.02 Å². The largest absolute Gasteiger partial charge is 0.356 e. The number of nitrogens with zero attached hydrogens (tertiary/aromatic N) is 5. The van der Waals surface area contributed by atoms with Crippen LogP contribution in [0.15, 0.2) is 42.7 Å². The topological polar surface area (TPSA) is 37.2 Å². The Morgan fingerprint density at radius 2 is 2.11 bits per heavy atom. The minimum atomic E-state index is 0.430. The molecule has 1 aliphatic heterocycles. The van der Waals surface area contributed by atoms with Crippen molar-refractivity contribution in [3.63, 3.8) is 0 Å². The minimum absolute atomic E-state index is 0.430. The van der Waals surface area contributed by atoms with Crippen LogP contribution in [-0.2, 0) is 6.54 Å². The molecule has 0 saturated carbocycles. The molecule has 0 N–H and O–H groups in total. The number of piperidine rings is 1. The molecule has 3 heterocycles. The maximum Gasteiger partial charge on any atom is 0.129 e. The summed E-state index contributed by atoms with van der Waals surface area (Å²) in [5.41, 5.74) is 0.881. The van der Waals surface area contributed by atoms with E-state index >= 15 is 0 Å². The maximum absolute atomic E-state index is 6.36. The predicted molar refractivity (Wildman–Crippen MR) is 112 cm³/mol. The van der Waals surface area contributed by atoms with Gasteiger partial charge in [-0.05, 0) is 45.1 Å². The van der Waals surface area contributed by atoms with Crippen LogP contribution in [0.5, 0.6) is 0 Å². The Bertz CT molecular complexity index is 920. The Morgan fingerprint density at radius 3 is 2.96 bits per heavy atom. The number of pyridine rings is 1. The first-order chi connectivity index (χ1) is 13.1. The van der Waals surface area contributed by atoms with Gasteiger partial charge in [0.2, 0.25) is 0 Å². The first-order valence-corrected chi connectivity index (χ1v) is 9.95. The van der Waals surface area contributed by atoms with Gasteiger partial charge in [-0.15, -0.1) is 0 Å². The van der Waals surface area contributed by atoms with Gasteiger partial charge in [-0.1, -0.05) is 23.7 Å². The fourth-order valence-corrected chi connectivity index (χ4v) is 4.07. The zero-order chi connectivity index (χ0) is 18.8. The smallest absolute Gasteiger partial charge is 0.129 e. The van der Waals surface area contributed by atoms with Gasteiger partial charge in [-0.25, -0.2) is 9.97 Å². The summed E-state index contributed by atoms with van der Waals surface area (Å²) in [4.78, 5) is 14.1. The number of hydrogen-bond acceptors (Lipinski definition) is 4. The molecule has 27 heavy (non-hydrogen) atoms. The van der Waals surface area contributed by atoms with Crippen LogP contribution < -0.4 is 4.90 Å². The van der Waals surface area contributed by atoms with Crippen LogP contribution in [-0.4, -0.2) is 53.2 Å². The molecule has 2 aromatic heterocycles. The number of halogens is 1. The Balaban J connectivity index is 1.55. The number of rotatable bonds is 5. The fourth-order valence-electron chi connectivity index (χ4n) is 3.85. The van der Waals surface area contributed by atoms with Crippen molar-refractivity contribution >= 4 is 28.3 Å². The number of imidazole rings is 1. The quantitative estimate of drug-likeness (QED) is 0.666. The van der Waals surface area contributed by atoms with E-state index in [-0.39, 0.29) is 0 Å². The molecule has 0 unspecified atom stereocenters. The van der Waals surface area contributed by atoms with E-state index in [9.17, 15) is 0 Å². The van der Waals surface area contributed by atoms with Crippen molar-refractivity contribution in [1.82, 2.24) is 19.4 Å². The van der Waals surface area contributed by atoms with E-state index in [2.05, 4.69) is 57.8 Å². The molecule has 0 amide bonds. The van der Waals surface area contributed by atoms with Crippen LogP contribution in [0.4, 0.5) is 5.82 Å². The highest BCUT2D eigenvalue weighted by molar-refractivity contribution is 6.35. The van der Waals surface area contributed by atoms with Crippen molar-refractivity contribution in [3.05, 3.63) is 53.6 Å². The monoisotopic (exact) mass is 383 g/mol.